The lowest BCUT2D eigenvalue weighted by Crippen LogP contribution is -2.36. The van der Waals surface area contributed by atoms with E-state index in [0.29, 0.717) is 5.95 Å². The van der Waals surface area contributed by atoms with Gasteiger partial charge in [0, 0.05) is 24.8 Å². The molecule has 0 aliphatic carbocycles. The summed E-state index contributed by atoms with van der Waals surface area (Å²) in [7, 11) is 0. The Morgan fingerprint density at radius 2 is 2.06 bits per heavy atom. The van der Waals surface area contributed by atoms with Gasteiger partial charge in [0.25, 0.3) is 0 Å². The number of nitrogen functional groups attached to an aromatic ring is 1. The van der Waals surface area contributed by atoms with Gasteiger partial charge in [-0.05, 0) is 31.6 Å². The molecule has 5 nitrogen and oxygen atoms in total. The lowest BCUT2D eigenvalue weighted by atomic mass is 9.87. The van der Waals surface area contributed by atoms with Gasteiger partial charge in [0.15, 0.2) is 0 Å². The highest BCUT2D eigenvalue weighted by Gasteiger charge is 2.23. The number of nitrogens with zero attached hydrogens (tertiary/aromatic N) is 3. The first-order valence-corrected chi connectivity index (χ1v) is 6.67. The predicted molar refractivity (Wildman–Crippen MR) is 74.4 cm³/mol. The molecule has 0 unspecified atom stereocenters. The van der Waals surface area contributed by atoms with Crippen molar-refractivity contribution in [3.05, 3.63) is 11.8 Å². The van der Waals surface area contributed by atoms with Gasteiger partial charge >= 0.3 is 0 Å². The fourth-order valence-corrected chi connectivity index (χ4v) is 2.60. The molecular weight excluding hydrogens is 226 g/mol. The van der Waals surface area contributed by atoms with Crippen LogP contribution in [0.5, 0.6) is 0 Å². The number of hydrogen-bond acceptors (Lipinski definition) is 5. The average molecular weight is 249 g/mol. The molecular formula is C13H23N5. The third kappa shape index (κ3) is 2.72. The summed E-state index contributed by atoms with van der Waals surface area (Å²) >= 11 is 0. The Morgan fingerprint density at radius 1 is 1.39 bits per heavy atom. The standard InChI is InChI=1S/C13H23N5/c1-9(2)11-4-6-18(7-5-11)12-10(3)8-15-13(16-12)17-14/h8-9,11H,4-7,14H2,1-3H3,(H,15,16,17). The first-order chi connectivity index (χ1) is 8.61. The quantitative estimate of drug-likeness (QED) is 0.633. The van der Waals surface area contributed by atoms with Crippen molar-refractivity contribution in [2.45, 2.75) is 33.6 Å². The molecule has 0 atom stereocenters. The van der Waals surface area contributed by atoms with Gasteiger partial charge in [-0.2, -0.15) is 4.98 Å². The van der Waals surface area contributed by atoms with Crippen LogP contribution >= 0.6 is 0 Å². The minimum atomic E-state index is 0.488. The molecule has 2 rings (SSSR count). The third-order valence-electron chi connectivity index (χ3n) is 3.86. The third-order valence-corrected chi connectivity index (χ3v) is 3.86. The van der Waals surface area contributed by atoms with E-state index in [0.717, 1.165) is 36.3 Å². The number of rotatable bonds is 3. The van der Waals surface area contributed by atoms with Crippen molar-refractivity contribution in [2.75, 3.05) is 23.4 Å². The first kappa shape index (κ1) is 13.1. The lowest BCUT2D eigenvalue weighted by molar-refractivity contribution is 0.310. The number of anilines is 2. The summed E-state index contributed by atoms with van der Waals surface area (Å²) in [4.78, 5) is 10.9. The summed E-state index contributed by atoms with van der Waals surface area (Å²) in [6.07, 6.45) is 4.31. The zero-order valence-corrected chi connectivity index (χ0v) is 11.5. The van der Waals surface area contributed by atoms with Crippen LogP contribution in [-0.2, 0) is 0 Å². The highest BCUT2D eigenvalue weighted by molar-refractivity contribution is 5.48. The summed E-state index contributed by atoms with van der Waals surface area (Å²) in [5.74, 6) is 8.49. The molecule has 1 aliphatic heterocycles. The molecule has 3 N–H and O–H groups in total. The molecule has 0 aromatic carbocycles. The van der Waals surface area contributed by atoms with Crippen LogP contribution in [0.4, 0.5) is 11.8 Å². The number of nitrogens with one attached hydrogen (secondary N) is 1. The summed E-state index contributed by atoms with van der Waals surface area (Å²) in [5, 5.41) is 0. The highest BCUT2D eigenvalue weighted by Crippen LogP contribution is 2.28. The maximum atomic E-state index is 5.37. The second kappa shape index (κ2) is 5.52. The zero-order valence-electron chi connectivity index (χ0n) is 11.5. The molecule has 1 aromatic rings. The number of aryl methyl sites for hydroxylation is 1. The molecule has 18 heavy (non-hydrogen) atoms. The van der Waals surface area contributed by atoms with Crippen LogP contribution in [0.25, 0.3) is 0 Å². The molecule has 0 bridgehead atoms. The second-order valence-corrected chi connectivity index (χ2v) is 5.41. The maximum Gasteiger partial charge on any atom is 0.239 e. The summed E-state index contributed by atoms with van der Waals surface area (Å²) in [6.45, 7) is 8.82. The Kier molecular flexibility index (Phi) is 4.01. The second-order valence-electron chi connectivity index (χ2n) is 5.41. The SMILES string of the molecule is Cc1cnc(NN)nc1N1CCC(C(C)C)CC1. The number of piperidine rings is 1. The summed E-state index contributed by atoms with van der Waals surface area (Å²) in [6, 6.07) is 0. The van der Waals surface area contributed by atoms with Gasteiger partial charge < -0.3 is 4.90 Å². The molecule has 1 aromatic heterocycles. The van der Waals surface area contributed by atoms with Crippen molar-refractivity contribution in [3.63, 3.8) is 0 Å². The average Bonchev–Trinajstić information content (AvgIpc) is 2.39. The van der Waals surface area contributed by atoms with Gasteiger partial charge in [-0.15, -0.1) is 0 Å². The van der Waals surface area contributed by atoms with E-state index < -0.39 is 0 Å². The molecule has 5 heteroatoms. The van der Waals surface area contributed by atoms with Crippen LogP contribution in [-0.4, -0.2) is 23.1 Å². The molecule has 0 amide bonds. The van der Waals surface area contributed by atoms with Crippen molar-refractivity contribution < 1.29 is 0 Å². The van der Waals surface area contributed by atoms with E-state index in [1.807, 2.05) is 13.1 Å². The molecule has 1 saturated heterocycles. The monoisotopic (exact) mass is 249 g/mol. The molecule has 100 valence electrons. The van der Waals surface area contributed by atoms with E-state index >= 15 is 0 Å². The van der Waals surface area contributed by atoms with Crippen molar-refractivity contribution in [1.29, 1.82) is 0 Å². The first-order valence-electron chi connectivity index (χ1n) is 6.67. The minimum Gasteiger partial charge on any atom is -0.356 e. The van der Waals surface area contributed by atoms with Crippen LogP contribution in [0.15, 0.2) is 6.20 Å². The van der Waals surface area contributed by atoms with E-state index in [1.54, 1.807) is 0 Å². The van der Waals surface area contributed by atoms with Gasteiger partial charge in [0.2, 0.25) is 5.95 Å². The van der Waals surface area contributed by atoms with Gasteiger partial charge in [-0.1, -0.05) is 13.8 Å². The number of hydrazine groups is 1. The van der Waals surface area contributed by atoms with Crippen LogP contribution in [0, 0.1) is 18.8 Å². The Hall–Kier alpha value is -1.36. The largest absolute Gasteiger partial charge is 0.356 e. The summed E-state index contributed by atoms with van der Waals surface area (Å²) < 4.78 is 0. The van der Waals surface area contributed by atoms with Gasteiger partial charge in [-0.25, -0.2) is 10.8 Å². The topological polar surface area (TPSA) is 67.1 Å². The van der Waals surface area contributed by atoms with Crippen molar-refractivity contribution in [2.24, 2.45) is 17.7 Å². The number of hydrogen-bond donors (Lipinski definition) is 2. The van der Waals surface area contributed by atoms with Crippen LogP contribution in [0.1, 0.15) is 32.3 Å². The molecule has 0 saturated carbocycles. The molecule has 1 fully saturated rings. The van der Waals surface area contributed by atoms with Crippen LogP contribution < -0.4 is 16.2 Å². The van der Waals surface area contributed by atoms with E-state index in [4.69, 9.17) is 5.84 Å². The number of nitrogens with two attached hydrogens (primary N) is 1. The normalized spacial score (nSPS) is 17.3. The van der Waals surface area contributed by atoms with Crippen LogP contribution in [0.2, 0.25) is 0 Å². The molecule has 0 radical (unpaired) electrons. The Morgan fingerprint density at radius 3 is 2.61 bits per heavy atom. The maximum absolute atomic E-state index is 5.37. The smallest absolute Gasteiger partial charge is 0.239 e. The zero-order chi connectivity index (χ0) is 13.1. The van der Waals surface area contributed by atoms with E-state index in [1.165, 1.54) is 12.8 Å². The van der Waals surface area contributed by atoms with E-state index in [2.05, 4.69) is 34.1 Å². The van der Waals surface area contributed by atoms with Crippen molar-refractivity contribution >= 4 is 11.8 Å². The van der Waals surface area contributed by atoms with Gasteiger partial charge in [0.05, 0.1) is 0 Å². The molecule has 1 aliphatic rings. The van der Waals surface area contributed by atoms with E-state index in [-0.39, 0.29) is 0 Å². The van der Waals surface area contributed by atoms with Crippen molar-refractivity contribution in [3.8, 4) is 0 Å². The predicted octanol–water partition coefficient (Wildman–Crippen LogP) is 1.94. The fourth-order valence-electron chi connectivity index (χ4n) is 2.60. The minimum absolute atomic E-state index is 0.488. The van der Waals surface area contributed by atoms with E-state index in [9.17, 15) is 0 Å². The Balaban J connectivity index is 2.09. The Bertz CT molecular complexity index is 396. The molecule has 0 spiro atoms. The van der Waals surface area contributed by atoms with Gasteiger partial charge in [0.1, 0.15) is 5.82 Å². The number of aromatic nitrogens is 2. The molecule has 2 heterocycles. The summed E-state index contributed by atoms with van der Waals surface area (Å²) in [5.41, 5.74) is 3.62. The van der Waals surface area contributed by atoms with Crippen LogP contribution in [0.3, 0.4) is 0 Å². The lowest BCUT2D eigenvalue weighted by Gasteiger charge is -2.35. The van der Waals surface area contributed by atoms with Gasteiger partial charge in [-0.3, -0.25) is 5.43 Å². The van der Waals surface area contributed by atoms with Crippen molar-refractivity contribution in [1.82, 2.24) is 9.97 Å². The highest BCUT2D eigenvalue weighted by atomic mass is 15.3. The Labute approximate surface area is 109 Å². The fraction of sp³-hybridized carbons (Fsp3) is 0.692.